The predicted octanol–water partition coefficient (Wildman–Crippen LogP) is 4.19. The maximum absolute atomic E-state index is 14.6. The predicted molar refractivity (Wildman–Crippen MR) is 72.6 cm³/mol. The molecule has 2 aliphatic carbocycles. The molecule has 2 aromatic carbocycles. The molecule has 0 radical (unpaired) electrons. The molecule has 1 nitrogen and oxygen atoms in total. The summed E-state index contributed by atoms with van der Waals surface area (Å²) in [5.41, 5.74) is 5.47. The fourth-order valence-electron chi connectivity index (χ4n) is 3.12. The lowest BCUT2D eigenvalue weighted by molar-refractivity contribution is 0.333. The largest absolute Gasteiger partial charge is 0.508 e. The van der Waals surface area contributed by atoms with E-state index in [-0.39, 0.29) is 0 Å². The number of alkyl halides is 2. The van der Waals surface area contributed by atoms with Crippen LogP contribution < -0.4 is 0 Å². The minimum atomic E-state index is -1.19. The van der Waals surface area contributed by atoms with E-state index in [9.17, 15) is 9.50 Å². The molecule has 0 aromatic heterocycles. The molecule has 0 spiro atoms. The van der Waals surface area contributed by atoms with E-state index in [2.05, 4.69) is 0 Å². The Bertz CT molecular complexity index is 695. The smallest absolute Gasteiger partial charge is 0.146 e. The Morgan fingerprint density at radius 2 is 1.89 bits per heavy atom. The molecule has 0 fully saturated rings. The SMILES string of the molecule is Oc1cc2c(c3c1C3)C(Cl)C(F)c1ccccc1C2. The summed E-state index contributed by atoms with van der Waals surface area (Å²) in [6.45, 7) is 0. The number of benzene rings is 2. The second kappa shape index (κ2) is 3.73. The van der Waals surface area contributed by atoms with Gasteiger partial charge in [-0.15, -0.1) is 11.6 Å². The van der Waals surface area contributed by atoms with Crippen molar-refractivity contribution in [2.45, 2.75) is 24.4 Å². The molecule has 3 heteroatoms. The number of aromatic hydroxyl groups is 1. The standard InChI is InChI=1S/C16H12ClFO/c17-15-14-9(6-13(19)11-7-12(11)14)5-8-3-1-2-4-10(8)16(15)18/h1-4,6,15-16,19H,5,7H2. The van der Waals surface area contributed by atoms with Crippen LogP contribution in [0.2, 0.25) is 0 Å². The third kappa shape index (κ3) is 1.53. The molecule has 2 atom stereocenters. The quantitative estimate of drug-likeness (QED) is 0.610. The van der Waals surface area contributed by atoms with E-state index >= 15 is 0 Å². The monoisotopic (exact) mass is 274 g/mol. The van der Waals surface area contributed by atoms with Gasteiger partial charge in [-0.25, -0.2) is 4.39 Å². The highest BCUT2D eigenvalue weighted by Gasteiger charge is 2.37. The molecule has 0 heterocycles. The van der Waals surface area contributed by atoms with Crippen molar-refractivity contribution >= 4 is 11.6 Å². The Kier molecular flexibility index (Phi) is 2.22. The van der Waals surface area contributed by atoms with Gasteiger partial charge in [0.25, 0.3) is 0 Å². The van der Waals surface area contributed by atoms with Gasteiger partial charge in [0.2, 0.25) is 0 Å². The topological polar surface area (TPSA) is 20.2 Å². The van der Waals surface area contributed by atoms with Crippen LogP contribution in [0.1, 0.15) is 44.9 Å². The van der Waals surface area contributed by atoms with E-state index in [0.717, 1.165) is 34.2 Å². The molecule has 96 valence electrons. The Morgan fingerprint density at radius 1 is 1.11 bits per heavy atom. The molecule has 19 heavy (non-hydrogen) atoms. The average Bonchev–Trinajstić information content (AvgIpc) is 3.18. The zero-order valence-corrected chi connectivity index (χ0v) is 10.9. The van der Waals surface area contributed by atoms with Crippen molar-refractivity contribution in [2.75, 3.05) is 0 Å². The molecular weight excluding hydrogens is 263 g/mol. The van der Waals surface area contributed by atoms with Crippen LogP contribution in [0, 0.1) is 0 Å². The molecule has 0 amide bonds. The fourth-order valence-corrected chi connectivity index (χ4v) is 3.53. The van der Waals surface area contributed by atoms with E-state index in [1.807, 2.05) is 18.2 Å². The number of halogens is 2. The summed E-state index contributed by atoms with van der Waals surface area (Å²) in [5, 5.41) is 9.23. The van der Waals surface area contributed by atoms with Gasteiger partial charge in [0, 0.05) is 12.0 Å². The molecule has 1 N–H and O–H groups in total. The van der Waals surface area contributed by atoms with Gasteiger partial charge < -0.3 is 5.11 Å². The Labute approximate surface area is 115 Å². The summed E-state index contributed by atoms with van der Waals surface area (Å²) in [5.74, 6) is 0.326. The molecule has 0 bridgehead atoms. The van der Waals surface area contributed by atoms with Crippen LogP contribution in [0.25, 0.3) is 0 Å². The van der Waals surface area contributed by atoms with Gasteiger partial charge >= 0.3 is 0 Å². The van der Waals surface area contributed by atoms with Gasteiger partial charge in [-0.3, -0.25) is 0 Å². The zero-order chi connectivity index (χ0) is 13.1. The molecule has 4 rings (SSSR count). The van der Waals surface area contributed by atoms with Gasteiger partial charge in [0.15, 0.2) is 0 Å². The van der Waals surface area contributed by atoms with E-state index < -0.39 is 11.5 Å². The van der Waals surface area contributed by atoms with Crippen LogP contribution in [0.5, 0.6) is 5.75 Å². The summed E-state index contributed by atoms with van der Waals surface area (Å²) < 4.78 is 14.6. The van der Waals surface area contributed by atoms with Gasteiger partial charge in [-0.1, -0.05) is 24.3 Å². The van der Waals surface area contributed by atoms with E-state index in [1.165, 1.54) is 0 Å². The van der Waals surface area contributed by atoms with Crippen LogP contribution in [0.4, 0.5) is 4.39 Å². The first-order valence-electron chi connectivity index (χ1n) is 6.39. The van der Waals surface area contributed by atoms with Gasteiger partial charge in [-0.2, -0.15) is 0 Å². The molecule has 2 aliphatic rings. The summed E-state index contributed by atoms with van der Waals surface area (Å²) in [7, 11) is 0. The average molecular weight is 275 g/mol. The first kappa shape index (κ1) is 11.3. The van der Waals surface area contributed by atoms with Crippen molar-refractivity contribution in [2.24, 2.45) is 0 Å². The zero-order valence-electron chi connectivity index (χ0n) is 10.2. The minimum absolute atomic E-state index is 0.326. The van der Waals surface area contributed by atoms with E-state index in [1.54, 1.807) is 12.1 Å². The van der Waals surface area contributed by atoms with Crippen molar-refractivity contribution in [3.63, 3.8) is 0 Å². The van der Waals surface area contributed by atoms with Gasteiger partial charge in [-0.05, 0) is 40.3 Å². The number of fused-ring (bicyclic) bond motifs is 4. The summed E-state index contributed by atoms with van der Waals surface area (Å²) >= 11 is 6.36. The second-order valence-electron chi connectivity index (χ2n) is 5.28. The lowest BCUT2D eigenvalue weighted by atomic mass is 10.00. The fraction of sp³-hybridized carbons (Fsp3) is 0.250. The first-order valence-corrected chi connectivity index (χ1v) is 6.83. The van der Waals surface area contributed by atoms with Crippen LogP contribution in [0.3, 0.4) is 0 Å². The highest BCUT2D eigenvalue weighted by Crippen LogP contribution is 2.51. The van der Waals surface area contributed by atoms with E-state index in [4.69, 9.17) is 11.6 Å². The maximum atomic E-state index is 14.6. The van der Waals surface area contributed by atoms with Crippen molar-refractivity contribution < 1.29 is 9.50 Å². The second-order valence-corrected chi connectivity index (χ2v) is 5.75. The molecule has 2 unspecified atom stereocenters. The number of hydrogen-bond acceptors (Lipinski definition) is 1. The third-order valence-electron chi connectivity index (χ3n) is 4.15. The molecule has 0 aliphatic heterocycles. The third-order valence-corrected chi connectivity index (χ3v) is 4.59. The Balaban J connectivity index is 1.97. The maximum Gasteiger partial charge on any atom is 0.146 e. The Hall–Kier alpha value is -1.54. The van der Waals surface area contributed by atoms with Gasteiger partial charge in [0.1, 0.15) is 11.9 Å². The van der Waals surface area contributed by atoms with Crippen molar-refractivity contribution in [1.82, 2.24) is 0 Å². The Morgan fingerprint density at radius 3 is 2.74 bits per heavy atom. The summed E-state index contributed by atoms with van der Waals surface area (Å²) in [6.07, 6.45) is 0.192. The lowest BCUT2D eigenvalue weighted by Crippen LogP contribution is -2.01. The van der Waals surface area contributed by atoms with Crippen LogP contribution in [-0.4, -0.2) is 5.11 Å². The molecule has 0 saturated carbocycles. The highest BCUT2D eigenvalue weighted by atomic mass is 35.5. The van der Waals surface area contributed by atoms with E-state index in [0.29, 0.717) is 17.7 Å². The van der Waals surface area contributed by atoms with Crippen LogP contribution >= 0.6 is 11.6 Å². The van der Waals surface area contributed by atoms with Gasteiger partial charge in [0.05, 0.1) is 5.38 Å². The number of rotatable bonds is 0. The van der Waals surface area contributed by atoms with Crippen molar-refractivity contribution in [3.8, 4) is 5.75 Å². The highest BCUT2D eigenvalue weighted by molar-refractivity contribution is 6.21. The van der Waals surface area contributed by atoms with Crippen LogP contribution in [-0.2, 0) is 12.8 Å². The summed E-state index contributed by atoms with van der Waals surface area (Å²) in [4.78, 5) is 0. The van der Waals surface area contributed by atoms with Crippen LogP contribution in [0.15, 0.2) is 30.3 Å². The minimum Gasteiger partial charge on any atom is -0.508 e. The number of phenols is 1. The molecule has 0 saturated heterocycles. The lowest BCUT2D eigenvalue weighted by Gasteiger charge is -2.15. The normalized spacial score (nSPS) is 23.1. The number of hydrogen-bond donors (Lipinski definition) is 1. The first-order chi connectivity index (χ1) is 9.16. The van der Waals surface area contributed by atoms with Crippen molar-refractivity contribution in [1.29, 1.82) is 0 Å². The molecular formula is C16H12ClFO. The molecule has 2 aromatic rings. The summed E-state index contributed by atoms with van der Waals surface area (Å²) in [6, 6.07) is 9.25. The number of phenolic OH excluding ortho intramolecular Hbond substituents is 1. The van der Waals surface area contributed by atoms with Crippen molar-refractivity contribution in [3.05, 3.63) is 63.7 Å².